The third kappa shape index (κ3) is 7.58. The summed E-state index contributed by atoms with van der Waals surface area (Å²) in [5.41, 5.74) is 0.386. The molecule has 0 spiro atoms. The maximum atomic E-state index is 11.9. The second-order valence-electron chi connectivity index (χ2n) is 8.17. The van der Waals surface area contributed by atoms with Gasteiger partial charge in [0.25, 0.3) is 0 Å². The molecule has 2 aliphatic rings. The van der Waals surface area contributed by atoms with Gasteiger partial charge in [-0.3, -0.25) is 14.7 Å². The third-order valence-corrected chi connectivity index (χ3v) is 5.24. The van der Waals surface area contributed by atoms with Gasteiger partial charge >= 0.3 is 0 Å². The number of carbonyl (C=O) groups is 1. The first kappa shape index (κ1) is 23.5. The van der Waals surface area contributed by atoms with E-state index in [4.69, 9.17) is 4.99 Å². The SMILES string of the molecule is CCNC(=NCC1(C)CCCC1)N1CCN(CC(=O)NC(C)C)CC1.I. The number of hydrogen-bond donors (Lipinski definition) is 2. The van der Waals surface area contributed by atoms with Crippen LogP contribution in [0.1, 0.15) is 53.4 Å². The zero-order chi connectivity index (χ0) is 18.3. The summed E-state index contributed by atoms with van der Waals surface area (Å²) in [5, 5.41) is 6.42. The normalized spacial score (nSPS) is 20.8. The number of piperazine rings is 1. The molecular formula is C19H38IN5O. The maximum absolute atomic E-state index is 11.9. The Hall–Kier alpha value is -0.570. The second kappa shape index (κ2) is 11.3. The molecule has 152 valence electrons. The van der Waals surface area contributed by atoms with Crippen molar-refractivity contribution in [1.82, 2.24) is 20.4 Å². The molecule has 7 heteroatoms. The van der Waals surface area contributed by atoms with E-state index in [1.807, 2.05) is 13.8 Å². The smallest absolute Gasteiger partial charge is 0.234 e. The van der Waals surface area contributed by atoms with E-state index in [1.54, 1.807) is 0 Å². The Morgan fingerprint density at radius 3 is 2.31 bits per heavy atom. The van der Waals surface area contributed by atoms with E-state index in [-0.39, 0.29) is 35.9 Å². The standard InChI is InChI=1S/C19H37N5O.HI/c1-5-20-18(21-15-19(4)8-6-7-9-19)24-12-10-23(11-13-24)14-17(25)22-16(2)3;/h16H,5-15H2,1-4H3,(H,20,21)(H,22,25);1H. The molecule has 2 N–H and O–H groups in total. The van der Waals surface area contributed by atoms with Crippen LogP contribution >= 0.6 is 24.0 Å². The Morgan fingerprint density at radius 2 is 1.77 bits per heavy atom. The van der Waals surface area contributed by atoms with E-state index < -0.39 is 0 Å². The van der Waals surface area contributed by atoms with Gasteiger partial charge in [0, 0.05) is 45.3 Å². The van der Waals surface area contributed by atoms with Crippen LogP contribution in [0.4, 0.5) is 0 Å². The predicted octanol–water partition coefficient (Wildman–Crippen LogP) is 2.29. The van der Waals surface area contributed by atoms with Crippen LogP contribution in [0, 0.1) is 5.41 Å². The van der Waals surface area contributed by atoms with Crippen molar-refractivity contribution in [3.63, 3.8) is 0 Å². The molecule has 6 nitrogen and oxygen atoms in total. The monoisotopic (exact) mass is 479 g/mol. The van der Waals surface area contributed by atoms with E-state index in [0.717, 1.165) is 45.2 Å². The molecule has 1 saturated heterocycles. The van der Waals surface area contributed by atoms with E-state index in [2.05, 4.69) is 34.3 Å². The van der Waals surface area contributed by atoms with Crippen LogP contribution < -0.4 is 10.6 Å². The Labute approximate surface area is 176 Å². The molecular weight excluding hydrogens is 441 g/mol. The molecule has 0 radical (unpaired) electrons. The summed E-state index contributed by atoms with van der Waals surface area (Å²) >= 11 is 0. The van der Waals surface area contributed by atoms with Gasteiger partial charge < -0.3 is 15.5 Å². The van der Waals surface area contributed by atoms with Crippen molar-refractivity contribution in [3.8, 4) is 0 Å². The minimum absolute atomic E-state index is 0. The number of rotatable bonds is 6. The van der Waals surface area contributed by atoms with Crippen molar-refractivity contribution in [2.45, 2.75) is 59.4 Å². The number of carbonyl (C=O) groups excluding carboxylic acids is 1. The topological polar surface area (TPSA) is 60.0 Å². The molecule has 1 amide bonds. The summed E-state index contributed by atoms with van der Waals surface area (Å²) in [6.07, 6.45) is 5.29. The van der Waals surface area contributed by atoms with E-state index in [9.17, 15) is 4.79 Å². The zero-order valence-corrected chi connectivity index (χ0v) is 19.3. The Bertz CT molecular complexity index is 455. The highest BCUT2D eigenvalue weighted by Gasteiger charge is 2.29. The average Bonchev–Trinajstić information content (AvgIpc) is 2.98. The van der Waals surface area contributed by atoms with Gasteiger partial charge in [0.05, 0.1) is 6.54 Å². The van der Waals surface area contributed by atoms with Crippen molar-refractivity contribution in [2.75, 3.05) is 45.8 Å². The summed E-state index contributed by atoms with van der Waals surface area (Å²) in [6, 6.07) is 0.207. The summed E-state index contributed by atoms with van der Waals surface area (Å²) in [7, 11) is 0. The molecule has 0 aromatic carbocycles. The number of hydrogen-bond acceptors (Lipinski definition) is 3. The van der Waals surface area contributed by atoms with E-state index >= 15 is 0 Å². The fourth-order valence-corrected chi connectivity index (χ4v) is 3.77. The van der Waals surface area contributed by atoms with Crippen LogP contribution in [-0.4, -0.2) is 73.5 Å². The Kier molecular flexibility index (Phi) is 10.2. The summed E-state index contributed by atoms with van der Waals surface area (Å²) < 4.78 is 0. The van der Waals surface area contributed by atoms with E-state index in [0.29, 0.717) is 12.0 Å². The Morgan fingerprint density at radius 1 is 1.15 bits per heavy atom. The number of nitrogens with one attached hydrogen (secondary N) is 2. The van der Waals surface area contributed by atoms with Crippen LogP contribution in [0.2, 0.25) is 0 Å². The van der Waals surface area contributed by atoms with Gasteiger partial charge in [-0.2, -0.15) is 0 Å². The predicted molar refractivity (Wildman–Crippen MR) is 119 cm³/mol. The molecule has 0 atom stereocenters. The Balaban J connectivity index is 0.00000338. The quantitative estimate of drug-likeness (QED) is 0.349. The van der Waals surface area contributed by atoms with Gasteiger partial charge in [0.1, 0.15) is 0 Å². The second-order valence-corrected chi connectivity index (χ2v) is 8.17. The molecule has 0 bridgehead atoms. The molecule has 1 saturated carbocycles. The van der Waals surface area contributed by atoms with E-state index in [1.165, 1.54) is 25.7 Å². The van der Waals surface area contributed by atoms with Crippen LogP contribution in [0.3, 0.4) is 0 Å². The molecule has 2 rings (SSSR count). The lowest BCUT2D eigenvalue weighted by molar-refractivity contribution is -0.123. The zero-order valence-electron chi connectivity index (χ0n) is 17.0. The lowest BCUT2D eigenvalue weighted by Gasteiger charge is -2.36. The van der Waals surface area contributed by atoms with Crippen LogP contribution in [0.25, 0.3) is 0 Å². The highest BCUT2D eigenvalue weighted by molar-refractivity contribution is 14.0. The first-order chi connectivity index (χ1) is 11.9. The third-order valence-electron chi connectivity index (χ3n) is 5.24. The largest absolute Gasteiger partial charge is 0.357 e. The lowest BCUT2D eigenvalue weighted by Crippen LogP contribution is -2.54. The minimum Gasteiger partial charge on any atom is -0.357 e. The highest BCUT2D eigenvalue weighted by Crippen LogP contribution is 2.37. The molecule has 0 unspecified atom stereocenters. The van der Waals surface area contributed by atoms with Crippen LogP contribution in [0.5, 0.6) is 0 Å². The molecule has 1 aliphatic heterocycles. The molecule has 0 aromatic heterocycles. The lowest BCUT2D eigenvalue weighted by atomic mass is 9.89. The van der Waals surface area contributed by atoms with Gasteiger partial charge in [-0.15, -0.1) is 24.0 Å². The van der Waals surface area contributed by atoms with Crippen molar-refractivity contribution in [1.29, 1.82) is 0 Å². The van der Waals surface area contributed by atoms with Crippen molar-refractivity contribution in [3.05, 3.63) is 0 Å². The number of aliphatic imine (C=N–C) groups is 1. The fourth-order valence-electron chi connectivity index (χ4n) is 3.77. The first-order valence-electron chi connectivity index (χ1n) is 9.97. The van der Waals surface area contributed by atoms with Crippen molar-refractivity contribution < 1.29 is 4.79 Å². The summed E-state index contributed by atoms with van der Waals surface area (Å²) in [4.78, 5) is 21.5. The summed E-state index contributed by atoms with van der Waals surface area (Å²) in [5.74, 6) is 1.17. The van der Waals surface area contributed by atoms with Gasteiger partial charge in [-0.05, 0) is 39.0 Å². The van der Waals surface area contributed by atoms with Gasteiger partial charge in [0.2, 0.25) is 5.91 Å². The highest BCUT2D eigenvalue weighted by atomic mass is 127. The first-order valence-corrected chi connectivity index (χ1v) is 9.97. The molecule has 1 heterocycles. The number of nitrogens with zero attached hydrogens (tertiary/aromatic N) is 3. The minimum atomic E-state index is 0. The van der Waals surface area contributed by atoms with Crippen LogP contribution in [0.15, 0.2) is 4.99 Å². The number of amides is 1. The van der Waals surface area contributed by atoms with Gasteiger partial charge in [-0.25, -0.2) is 0 Å². The molecule has 1 aliphatic carbocycles. The average molecular weight is 479 g/mol. The summed E-state index contributed by atoms with van der Waals surface area (Å²) in [6.45, 7) is 14.5. The number of guanidine groups is 1. The van der Waals surface area contributed by atoms with Crippen molar-refractivity contribution >= 4 is 35.8 Å². The van der Waals surface area contributed by atoms with Gasteiger partial charge in [0.15, 0.2) is 5.96 Å². The molecule has 26 heavy (non-hydrogen) atoms. The maximum Gasteiger partial charge on any atom is 0.234 e. The number of halogens is 1. The van der Waals surface area contributed by atoms with Crippen LogP contribution in [-0.2, 0) is 4.79 Å². The molecule has 2 fully saturated rings. The molecule has 0 aromatic rings. The van der Waals surface area contributed by atoms with Crippen molar-refractivity contribution in [2.24, 2.45) is 10.4 Å². The van der Waals surface area contributed by atoms with Gasteiger partial charge in [-0.1, -0.05) is 19.8 Å². The fraction of sp³-hybridized carbons (Fsp3) is 0.895.